The Hall–Kier alpha value is -1.09. The van der Waals surface area contributed by atoms with Crippen molar-refractivity contribution >= 4 is 5.69 Å². The van der Waals surface area contributed by atoms with Crippen LogP contribution in [0.3, 0.4) is 0 Å². The molecule has 1 aromatic carbocycles. The van der Waals surface area contributed by atoms with Crippen LogP contribution in [0.4, 0.5) is 10.1 Å². The summed E-state index contributed by atoms with van der Waals surface area (Å²) in [7, 11) is 0. The quantitative estimate of drug-likeness (QED) is 0.892. The molecule has 1 unspecified atom stereocenters. The van der Waals surface area contributed by atoms with Gasteiger partial charge in [-0.15, -0.1) is 0 Å². The van der Waals surface area contributed by atoms with Crippen LogP contribution in [0, 0.1) is 11.7 Å². The smallest absolute Gasteiger partial charge is 0.146 e. The number of nitrogens with zero attached hydrogens (tertiary/aromatic N) is 1. The minimum absolute atomic E-state index is 0.0280. The van der Waals surface area contributed by atoms with Gasteiger partial charge in [0.25, 0.3) is 0 Å². The average molecular weight is 250 g/mol. The van der Waals surface area contributed by atoms with E-state index < -0.39 is 0 Å². The van der Waals surface area contributed by atoms with Crippen molar-refractivity contribution in [3.8, 4) is 0 Å². The molecular formula is C15H23FN2. The molecule has 1 aromatic rings. The second-order valence-electron chi connectivity index (χ2n) is 5.67. The van der Waals surface area contributed by atoms with Gasteiger partial charge in [-0.3, -0.25) is 0 Å². The summed E-state index contributed by atoms with van der Waals surface area (Å²) in [5.41, 5.74) is 6.40. The summed E-state index contributed by atoms with van der Waals surface area (Å²) in [6, 6.07) is 7.06. The molecule has 1 saturated heterocycles. The van der Waals surface area contributed by atoms with Crippen molar-refractivity contribution in [1.29, 1.82) is 0 Å². The summed E-state index contributed by atoms with van der Waals surface area (Å²) in [5, 5.41) is 0. The molecule has 3 heteroatoms. The van der Waals surface area contributed by atoms with Crippen molar-refractivity contribution in [2.24, 2.45) is 11.7 Å². The Balaban J connectivity index is 2.29. The highest BCUT2D eigenvalue weighted by Crippen LogP contribution is 2.39. The monoisotopic (exact) mass is 250 g/mol. The minimum Gasteiger partial charge on any atom is -0.364 e. The fourth-order valence-electron chi connectivity index (χ4n) is 3.16. The Morgan fingerprint density at radius 1 is 1.39 bits per heavy atom. The van der Waals surface area contributed by atoms with Gasteiger partial charge in [0.15, 0.2) is 0 Å². The molecule has 0 spiro atoms. The number of piperidine rings is 1. The summed E-state index contributed by atoms with van der Waals surface area (Å²) in [4.78, 5) is 2.21. The second-order valence-corrected chi connectivity index (χ2v) is 5.67. The van der Waals surface area contributed by atoms with Gasteiger partial charge >= 0.3 is 0 Å². The highest BCUT2D eigenvalue weighted by Gasteiger charge is 2.38. The molecule has 18 heavy (non-hydrogen) atoms. The summed E-state index contributed by atoms with van der Waals surface area (Å²) in [5.74, 6) is 0.412. The van der Waals surface area contributed by atoms with Crippen molar-refractivity contribution in [3.05, 3.63) is 30.1 Å². The number of rotatable bonds is 3. The van der Waals surface area contributed by atoms with E-state index in [4.69, 9.17) is 5.73 Å². The molecule has 0 radical (unpaired) electrons. The third kappa shape index (κ3) is 2.37. The average Bonchev–Trinajstić information content (AvgIpc) is 2.33. The number of halogens is 1. The van der Waals surface area contributed by atoms with Gasteiger partial charge in [0, 0.05) is 12.1 Å². The topological polar surface area (TPSA) is 29.3 Å². The van der Waals surface area contributed by atoms with E-state index in [0.29, 0.717) is 12.5 Å². The molecule has 1 atom stereocenters. The Morgan fingerprint density at radius 3 is 2.78 bits per heavy atom. The molecule has 100 valence electrons. The predicted octanol–water partition coefficient (Wildman–Crippen LogP) is 3.17. The van der Waals surface area contributed by atoms with Gasteiger partial charge < -0.3 is 10.6 Å². The van der Waals surface area contributed by atoms with Crippen molar-refractivity contribution < 1.29 is 4.39 Å². The first-order valence-corrected chi connectivity index (χ1v) is 6.79. The van der Waals surface area contributed by atoms with Crippen LogP contribution < -0.4 is 10.6 Å². The van der Waals surface area contributed by atoms with E-state index >= 15 is 0 Å². The van der Waals surface area contributed by atoms with E-state index in [0.717, 1.165) is 25.1 Å². The Kier molecular flexibility index (Phi) is 3.91. The molecule has 1 fully saturated rings. The number of hydrogen-bond acceptors (Lipinski definition) is 2. The van der Waals surface area contributed by atoms with Crippen LogP contribution in [0.15, 0.2) is 24.3 Å². The number of hydrogen-bond donors (Lipinski definition) is 1. The lowest BCUT2D eigenvalue weighted by atomic mass is 9.77. The van der Waals surface area contributed by atoms with Gasteiger partial charge in [0.05, 0.1) is 5.69 Å². The maximum absolute atomic E-state index is 14.0. The summed E-state index contributed by atoms with van der Waals surface area (Å²) >= 11 is 0. The molecule has 1 aliphatic rings. The lowest BCUT2D eigenvalue weighted by molar-refractivity contribution is 0.226. The van der Waals surface area contributed by atoms with Gasteiger partial charge in [-0.25, -0.2) is 4.39 Å². The van der Waals surface area contributed by atoms with E-state index in [1.807, 2.05) is 12.1 Å². The zero-order valence-corrected chi connectivity index (χ0v) is 11.3. The fraction of sp³-hybridized carbons (Fsp3) is 0.600. The largest absolute Gasteiger partial charge is 0.364 e. The summed E-state index contributed by atoms with van der Waals surface area (Å²) < 4.78 is 14.0. The van der Waals surface area contributed by atoms with Gasteiger partial charge in [-0.1, -0.05) is 12.1 Å². The molecule has 0 aliphatic carbocycles. The maximum atomic E-state index is 14.0. The lowest BCUT2D eigenvalue weighted by Crippen LogP contribution is -2.54. The molecule has 2 nitrogen and oxygen atoms in total. The first kappa shape index (κ1) is 13.3. The number of benzene rings is 1. The normalized spacial score (nSPS) is 23.1. The summed E-state index contributed by atoms with van der Waals surface area (Å²) in [6.45, 7) is 6.05. The van der Waals surface area contributed by atoms with E-state index in [2.05, 4.69) is 18.7 Å². The molecule has 0 saturated carbocycles. The SMILES string of the molecule is CC1(C)C(CCN)CCCN1c1ccccc1F. The van der Waals surface area contributed by atoms with Crippen LogP contribution in [0.25, 0.3) is 0 Å². The molecule has 2 N–H and O–H groups in total. The van der Waals surface area contributed by atoms with Crippen LogP contribution >= 0.6 is 0 Å². The molecule has 0 amide bonds. The predicted molar refractivity (Wildman–Crippen MR) is 74.2 cm³/mol. The summed E-state index contributed by atoms with van der Waals surface area (Å²) in [6.07, 6.45) is 3.32. The van der Waals surface area contributed by atoms with Crippen molar-refractivity contribution in [2.75, 3.05) is 18.0 Å². The Labute approximate surface area is 109 Å². The Bertz CT molecular complexity index is 401. The zero-order chi connectivity index (χ0) is 13.2. The van der Waals surface area contributed by atoms with Crippen LogP contribution in [0.1, 0.15) is 33.1 Å². The Morgan fingerprint density at radius 2 is 2.11 bits per heavy atom. The third-order valence-corrected chi connectivity index (χ3v) is 4.29. The standard InChI is InChI=1S/C15H23FN2/c1-15(2)12(9-10-17)6-5-11-18(15)14-8-4-3-7-13(14)16/h3-4,7-8,12H,5-6,9-11,17H2,1-2H3. The van der Waals surface area contributed by atoms with Gasteiger partial charge in [-0.2, -0.15) is 0 Å². The van der Waals surface area contributed by atoms with Crippen molar-refractivity contribution in [1.82, 2.24) is 0 Å². The van der Waals surface area contributed by atoms with Crippen LogP contribution in [0.2, 0.25) is 0 Å². The molecular weight excluding hydrogens is 227 g/mol. The van der Waals surface area contributed by atoms with Crippen molar-refractivity contribution in [3.63, 3.8) is 0 Å². The first-order valence-electron chi connectivity index (χ1n) is 6.79. The van der Waals surface area contributed by atoms with Crippen LogP contribution in [-0.4, -0.2) is 18.6 Å². The lowest BCUT2D eigenvalue weighted by Gasteiger charge is -2.49. The molecule has 0 aromatic heterocycles. The van der Waals surface area contributed by atoms with Gasteiger partial charge in [-0.05, 0) is 57.7 Å². The van der Waals surface area contributed by atoms with Gasteiger partial charge in [0.1, 0.15) is 5.82 Å². The van der Waals surface area contributed by atoms with Crippen molar-refractivity contribution in [2.45, 2.75) is 38.6 Å². The fourth-order valence-corrected chi connectivity index (χ4v) is 3.16. The van der Waals surface area contributed by atoms with E-state index in [-0.39, 0.29) is 11.4 Å². The minimum atomic E-state index is -0.126. The van der Waals surface area contributed by atoms with E-state index in [9.17, 15) is 4.39 Å². The maximum Gasteiger partial charge on any atom is 0.146 e. The van der Waals surface area contributed by atoms with E-state index in [1.54, 1.807) is 6.07 Å². The highest BCUT2D eigenvalue weighted by atomic mass is 19.1. The third-order valence-electron chi connectivity index (χ3n) is 4.29. The number of nitrogens with two attached hydrogens (primary N) is 1. The molecule has 2 rings (SSSR count). The molecule has 0 bridgehead atoms. The van der Waals surface area contributed by atoms with Crippen LogP contribution in [-0.2, 0) is 0 Å². The van der Waals surface area contributed by atoms with E-state index in [1.165, 1.54) is 12.5 Å². The molecule has 1 heterocycles. The van der Waals surface area contributed by atoms with Gasteiger partial charge in [0.2, 0.25) is 0 Å². The highest BCUT2D eigenvalue weighted by molar-refractivity contribution is 5.50. The first-order chi connectivity index (χ1) is 8.57. The second kappa shape index (κ2) is 5.27. The zero-order valence-electron chi connectivity index (χ0n) is 11.3. The number of para-hydroxylation sites is 1. The van der Waals surface area contributed by atoms with Crippen LogP contribution in [0.5, 0.6) is 0 Å². The number of anilines is 1. The molecule has 1 aliphatic heterocycles.